The predicted molar refractivity (Wildman–Crippen MR) is 57.6 cm³/mol. The van der Waals surface area contributed by atoms with E-state index in [1.165, 1.54) is 0 Å². The summed E-state index contributed by atoms with van der Waals surface area (Å²) < 4.78 is 0. The Bertz CT molecular complexity index is 237. The van der Waals surface area contributed by atoms with Crippen LogP contribution >= 0.6 is 0 Å². The molecule has 4 nitrogen and oxygen atoms in total. The summed E-state index contributed by atoms with van der Waals surface area (Å²) in [5, 5.41) is 9.38. The first-order chi connectivity index (χ1) is 7.16. The molecule has 0 saturated carbocycles. The van der Waals surface area contributed by atoms with Crippen molar-refractivity contribution >= 4 is 6.03 Å². The molecule has 2 aliphatic heterocycles. The third-order valence-corrected chi connectivity index (χ3v) is 3.49. The van der Waals surface area contributed by atoms with Crippen LogP contribution in [0.25, 0.3) is 0 Å². The summed E-state index contributed by atoms with van der Waals surface area (Å²) in [6, 6.07) is 0.124. The van der Waals surface area contributed by atoms with E-state index in [4.69, 9.17) is 0 Å². The molecular weight excluding hydrogens is 192 g/mol. The topological polar surface area (TPSA) is 43.8 Å². The van der Waals surface area contributed by atoms with Gasteiger partial charge in [-0.15, -0.1) is 0 Å². The predicted octanol–water partition coefficient (Wildman–Crippen LogP) is 0.905. The van der Waals surface area contributed by atoms with Crippen molar-refractivity contribution in [3.8, 4) is 0 Å². The van der Waals surface area contributed by atoms with E-state index in [0.29, 0.717) is 13.1 Å². The molecule has 0 spiro atoms. The van der Waals surface area contributed by atoms with E-state index in [9.17, 15) is 9.90 Å². The van der Waals surface area contributed by atoms with Crippen LogP contribution in [0.1, 0.15) is 26.2 Å². The number of urea groups is 1. The lowest BCUT2D eigenvalue weighted by Crippen LogP contribution is -2.45. The highest BCUT2D eigenvalue weighted by Crippen LogP contribution is 2.19. The second kappa shape index (κ2) is 4.39. The maximum absolute atomic E-state index is 12.0. The molecule has 2 rings (SSSR count). The fourth-order valence-electron chi connectivity index (χ4n) is 2.32. The van der Waals surface area contributed by atoms with E-state index in [2.05, 4.69) is 6.92 Å². The van der Waals surface area contributed by atoms with Gasteiger partial charge in [0.1, 0.15) is 0 Å². The lowest BCUT2D eigenvalue weighted by molar-refractivity contribution is 0.132. The molecule has 0 aromatic heterocycles. The molecule has 2 saturated heterocycles. The number of aliphatic hydroxyl groups excluding tert-OH is 1. The molecular formula is C11H20N2O2. The van der Waals surface area contributed by atoms with Crippen molar-refractivity contribution in [2.75, 3.05) is 26.2 Å². The number of rotatable bonds is 0. The van der Waals surface area contributed by atoms with Gasteiger partial charge in [0.15, 0.2) is 0 Å². The number of hydrogen-bond donors (Lipinski definition) is 1. The zero-order chi connectivity index (χ0) is 10.8. The number of carbonyl (C=O) groups is 1. The minimum absolute atomic E-state index is 0.124. The fraction of sp³-hybridized carbons (Fsp3) is 0.909. The molecule has 2 fully saturated rings. The van der Waals surface area contributed by atoms with Gasteiger partial charge < -0.3 is 14.9 Å². The Morgan fingerprint density at radius 1 is 1.13 bits per heavy atom. The van der Waals surface area contributed by atoms with Gasteiger partial charge in [0.2, 0.25) is 0 Å². The van der Waals surface area contributed by atoms with E-state index in [1.54, 1.807) is 4.90 Å². The molecule has 0 aliphatic carbocycles. The molecule has 2 heterocycles. The van der Waals surface area contributed by atoms with Gasteiger partial charge in [-0.2, -0.15) is 0 Å². The number of likely N-dealkylation sites (tertiary alicyclic amines) is 2. The number of piperidine rings is 1. The number of nitrogens with zero attached hydrogens (tertiary/aromatic N) is 2. The van der Waals surface area contributed by atoms with Crippen LogP contribution in [0.5, 0.6) is 0 Å². The summed E-state index contributed by atoms with van der Waals surface area (Å²) in [5.41, 5.74) is 0. The Morgan fingerprint density at radius 3 is 2.27 bits per heavy atom. The Labute approximate surface area is 90.9 Å². The Kier molecular flexibility index (Phi) is 3.14. The van der Waals surface area contributed by atoms with Crippen molar-refractivity contribution in [2.45, 2.75) is 32.3 Å². The van der Waals surface area contributed by atoms with Crippen LogP contribution in [0.4, 0.5) is 4.79 Å². The first-order valence-corrected chi connectivity index (χ1v) is 5.88. The van der Waals surface area contributed by atoms with Gasteiger partial charge in [0.25, 0.3) is 0 Å². The van der Waals surface area contributed by atoms with Crippen LogP contribution in [0.2, 0.25) is 0 Å². The molecule has 1 N–H and O–H groups in total. The first kappa shape index (κ1) is 10.7. The minimum Gasteiger partial charge on any atom is -0.391 e. The summed E-state index contributed by atoms with van der Waals surface area (Å²) in [6.45, 7) is 5.23. The van der Waals surface area contributed by atoms with E-state index >= 15 is 0 Å². The SMILES string of the molecule is CC1CCN(C(=O)N2CC[C@H](O)C2)CC1. The zero-order valence-corrected chi connectivity index (χ0v) is 9.35. The van der Waals surface area contributed by atoms with E-state index in [-0.39, 0.29) is 12.1 Å². The second-order valence-electron chi connectivity index (χ2n) is 4.84. The van der Waals surface area contributed by atoms with Crippen LogP contribution in [0.3, 0.4) is 0 Å². The third-order valence-electron chi connectivity index (χ3n) is 3.49. The van der Waals surface area contributed by atoms with E-state index in [0.717, 1.165) is 38.3 Å². The van der Waals surface area contributed by atoms with Crippen LogP contribution in [-0.4, -0.2) is 53.2 Å². The van der Waals surface area contributed by atoms with Crippen molar-refractivity contribution in [2.24, 2.45) is 5.92 Å². The monoisotopic (exact) mass is 212 g/mol. The molecule has 4 heteroatoms. The number of β-amino-alcohol motifs (C(OH)–C–C–N with tert-alkyl or cyclic N) is 1. The molecule has 0 unspecified atom stereocenters. The smallest absolute Gasteiger partial charge is 0.320 e. The summed E-state index contributed by atoms with van der Waals surface area (Å²) in [4.78, 5) is 15.7. The molecule has 0 aromatic carbocycles. The molecule has 0 aromatic rings. The van der Waals surface area contributed by atoms with Crippen molar-refractivity contribution in [3.05, 3.63) is 0 Å². The van der Waals surface area contributed by atoms with Gasteiger partial charge in [-0.25, -0.2) is 4.79 Å². The van der Waals surface area contributed by atoms with Crippen molar-refractivity contribution in [1.29, 1.82) is 0 Å². The zero-order valence-electron chi connectivity index (χ0n) is 9.35. The minimum atomic E-state index is -0.308. The quantitative estimate of drug-likeness (QED) is 0.648. The third kappa shape index (κ3) is 2.43. The molecule has 2 amide bonds. The Balaban J connectivity index is 1.85. The fourth-order valence-corrected chi connectivity index (χ4v) is 2.32. The van der Waals surface area contributed by atoms with Gasteiger partial charge in [-0.1, -0.05) is 6.92 Å². The van der Waals surface area contributed by atoms with Gasteiger partial charge >= 0.3 is 6.03 Å². The number of hydrogen-bond acceptors (Lipinski definition) is 2. The normalized spacial score (nSPS) is 28.5. The van der Waals surface area contributed by atoms with Crippen molar-refractivity contribution < 1.29 is 9.90 Å². The largest absolute Gasteiger partial charge is 0.391 e. The van der Waals surface area contributed by atoms with Gasteiger partial charge in [-0.3, -0.25) is 0 Å². The molecule has 15 heavy (non-hydrogen) atoms. The van der Waals surface area contributed by atoms with Crippen LogP contribution in [0.15, 0.2) is 0 Å². The number of amides is 2. The maximum Gasteiger partial charge on any atom is 0.320 e. The highest BCUT2D eigenvalue weighted by atomic mass is 16.3. The van der Waals surface area contributed by atoms with Crippen LogP contribution in [-0.2, 0) is 0 Å². The number of aliphatic hydroxyl groups is 1. The first-order valence-electron chi connectivity index (χ1n) is 5.88. The molecule has 1 atom stereocenters. The summed E-state index contributed by atoms with van der Waals surface area (Å²) in [7, 11) is 0. The Hall–Kier alpha value is -0.770. The molecule has 0 bridgehead atoms. The highest BCUT2D eigenvalue weighted by Gasteiger charge is 2.29. The highest BCUT2D eigenvalue weighted by molar-refractivity contribution is 5.74. The average molecular weight is 212 g/mol. The standard InChI is InChI=1S/C11H20N2O2/c1-9-2-5-12(6-3-9)11(15)13-7-4-10(14)8-13/h9-10,14H,2-8H2,1H3/t10-/m0/s1. The second-order valence-corrected chi connectivity index (χ2v) is 4.84. The Morgan fingerprint density at radius 2 is 1.73 bits per heavy atom. The lowest BCUT2D eigenvalue weighted by Gasteiger charge is -2.33. The van der Waals surface area contributed by atoms with Crippen molar-refractivity contribution in [3.63, 3.8) is 0 Å². The van der Waals surface area contributed by atoms with Gasteiger partial charge in [0, 0.05) is 26.2 Å². The summed E-state index contributed by atoms with van der Waals surface area (Å²) in [6.07, 6.45) is 2.65. The molecule has 0 radical (unpaired) electrons. The maximum atomic E-state index is 12.0. The molecule has 2 aliphatic rings. The van der Waals surface area contributed by atoms with E-state index < -0.39 is 0 Å². The number of carbonyl (C=O) groups excluding carboxylic acids is 1. The van der Waals surface area contributed by atoms with Crippen LogP contribution in [0, 0.1) is 5.92 Å². The van der Waals surface area contributed by atoms with Gasteiger partial charge in [-0.05, 0) is 25.2 Å². The van der Waals surface area contributed by atoms with Gasteiger partial charge in [0.05, 0.1) is 6.10 Å². The van der Waals surface area contributed by atoms with Crippen LogP contribution < -0.4 is 0 Å². The van der Waals surface area contributed by atoms with E-state index in [1.807, 2.05) is 4.90 Å². The molecule has 86 valence electrons. The lowest BCUT2D eigenvalue weighted by atomic mass is 10.00. The average Bonchev–Trinajstić information content (AvgIpc) is 2.65. The van der Waals surface area contributed by atoms with Crippen molar-refractivity contribution in [1.82, 2.24) is 9.80 Å². The summed E-state index contributed by atoms with van der Waals surface area (Å²) in [5.74, 6) is 0.748. The summed E-state index contributed by atoms with van der Waals surface area (Å²) >= 11 is 0.